The summed E-state index contributed by atoms with van der Waals surface area (Å²) in [6, 6.07) is 0. The van der Waals surface area contributed by atoms with Gasteiger partial charge in [-0.1, -0.05) is 0 Å². The fourth-order valence-electron chi connectivity index (χ4n) is 1.40. The predicted octanol–water partition coefficient (Wildman–Crippen LogP) is 0.845. The summed E-state index contributed by atoms with van der Waals surface area (Å²) in [6.07, 6.45) is 6.66. The first-order valence-corrected chi connectivity index (χ1v) is 5.26. The summed E-state index contributed by atoms with van der Waals surface area (Å²) in [5.74, 6) is 0. The van der Waals surface area contributed by atoms with Crippen LogP contribution in [0.3, 0.4) is 0 Å². The average molecular weight is 213 g/mol. The van der Waals surface area contributed by atoms with Gasteiger partial charge in [0.25, 0.3) is 0 Å². The zero-order chi connectivity index (χ0) is 11.3. The second-order valence-corrected chi connectivity index (χ2v) is 3.90. The molecule has 1 rings (SSSR count). The quantitative estimate of drug-likeness (QED) is 0.655. The van der Waals surface area contributed by atoms with E-state index < -0.39 is 0 Å². The standard InChI is InChI=1S/C11H21N2O2/c1-10(14-3)7-12-5-6-13(9-12)8-11(2)15-4/h5-6,9-11H,7-8H2,1-4H3/q+1. The molecule has 2 unspecified atom stereocenters. The Hall–Kier alpha value is -0.870. The number of aromatic nitrogens is 2. The van der Waals surface area contributed by atoms with E-state index in [1.54, 1.807) is 14.2 Å². The Morgan fingerprint density at radius 1 is 1.20 bits per heavy atom. The van der Waals surface area contributed by atoms with Gasteiger partial charge in [0.1, 0.15) is 25.5 Å². The number of ether oxygens (including phenoxy) is 2. The normalized spacial score (nSPS) is 15.2. The monoisotopic (exact) mass is 213 g/mol. The van der Waals surface area contributed by atoms with E-state index in [1.807, 2.05) is 0 Å². The van der Waals surface area contributed by atoms with E-state index in [4.69, 9.17) is 9.47 Å². The third-order valence-electron chi connectivity index (χ3n) is 2.49. The Kier molecular flexibility index (Phi) is 4.78. The third-order valence-corrected chi connectivity index (χ3v) is 2.49. The Morgan fingerprint density at radius 3 is 2.47 bits per heavy atom. The lowest BCUT2D eigenvalue weighted by Gasteiger charge is -2.06. The Balaban J connectivity index is 2.49. The molecule has 4 nitrogen and oxygen atoms in total. The van der Waals surface area contributed by atoms with Crippen molar-refractivity contribution < 1.29 is 14.0 Å². The van der Waals surface area contributed by atoms with Gasteiger partial charge in [0.2, 0.25) is 6.33 Å². The molecule has 0 amide bonds. The lowest BCUT2D eigenvalue weighted by molar-refractivity contribution is -0.702. The van der Waals surface area contributed by atoms with Crippen LogP contribution in [0.15, 0.2) is 18.7 Å². The number of methoxy groups -OCH3 is 2. The van der Waals surface area contributed by atoms with E-state index in [1.165, 1.54) is 0 Å². The maximum absolute atomic E-state index is 5.21. The van der Waals surface area contributed by atoms with Crippen LogP contribution < -0.4 is 4.57 Å². The van der Waals surface area contributed by atoms with Crippen molar-refractivity contribution in [2.45, 2.75) is 39.1 Å². The van der Waals surface area contributed by atoms with Crippen LogP contribution in [0, 0.1) is 0 Å². The second kappa shape index (κ2) is 5.88. The molecule has 1 heterocycles. The van der Waals surface area contributed by atoms with Crippen LogP contribution in [-0.4, -0.2) is 31.0 Å². The van der Waals surface area contributed by atoms with Gasteiger partial charge in [-0.05, 0) is 13.8 Å². The molecule has 0 saturated carbocycles. The first kappa shape index (κ1) is 12.2. The average Bonchev–Trinajstić information content (AvgIpc) is 2.65. The van der Waals surface area contributed by atoms with Crippen molar-refractivity contribution in [1.82, 2.24) is 4.57 Å². The molecule has 0 N–H and O–H groups in total. The van der Waals surface area contributed by atoms with Gasteiger partial charge in [0, 0.05) is 14.2 Å². The molecule has 0 aliphatic heterocycles. The molecule has 0 radical (unpaired) electrons. The van der Waals surface area contributed by atoms with Crippen LogP contribution in [0.2, 0.25) is 0 Å². The zero-order valence-electron chi connectivity index (χ0n) is 10.0. The molecule has 0 saturated heterocycles. The van der Waals surface area contributed by atoms with Crippen molar-refractivity contribution in [3.63, 3.8) is 0 Å². The summed E-state index contributed by atoms with van der Waals surface area (Å²) < 4.78 is 14.7. The van der Waals surface area contributed by atoms with Crippen LogP contribution in [0.5, 0.6) is 0 Å². The molecule has 0 fully saturated rings. The predicted molar refractivity (Wildman–Crippen MR) is 57.6 cm³/mol. The number of nitrogens with zero attached hydrogens (tertiary/aromatic N) is 2. The highest BCUT2D eigenvalue weighted by Crippen LogP contribution is 1.95. The lowest BCUT2D eigenvalue weighted by atomic mass is 10.4. The van der Waals surface area contributed by atoms with Gasteiger partial charge in [-0.3, -0.25) is 0 Å². The van der Waals surface area contributed by atoms with Gasteiger partial charge in [-0.2, -0.15) is 0 Å². The van der Waals surface area contributed by atoms with Gasteiger partial charge in [-0.25, -0.2) is 9.13 Å². The van der Waals surface area contributed by atoms with E-state index >= 15 is 0 Å². The maximum atomic E-state index is 5.21. The fourth-order valence-corrected chi connectivity index (χ4v) is 1.40. The number of imidazole rings is 1. The van der Waals surface area contributed by atoms with Crippen molar-refractivity contribution in [2.24, 2.45) is 0 Å². The maximum Gasteiger partial charge on any atom is 0.243 e. The van der Waals surface area contributed by atoms with Crippen molar-refractivity contribution in [1.29, 1.82) is 0 Å². The van der Waals surface area contributed by atoms with Gasteiger partial charge < -0.3 is 9.47 Å². The van der Waals surface area contributed by atoms with Gasteiger partial charge in [0.15, 0.2) is 0 Å². The van der Waals surface area contributed by atoms with Gasteiger partial charge >= 0.3 is 0 Å². The minimum absolute atomic E-state index is 0.241. The molecule has 0 aliphatic carbocycles. The van der Waals surface area contributed by atoms with E-state index in [0.717, 1.165) is 13.1 Å². The molecule has 4 heteroatoms. The lowest BCUT2D eigenvalue weighted by Crippen LogP contribution is -2.37. The smallest absolute Gasteiger partial charge is 0.243 e. The van der Waals surface area contributed by atoms with Gasteiger partial charge in [-0.15, -0.1) is 0 Å². The molecule has 0 aromatic carbocycles. The van der Waals surface area contributed by atoms with Crippen molar-refractivity contribution in [3.05, 3.63) is 18.7 Å². The van der Waals surface area contributed by atoms with Crippen LogP contribution in [0.25, 0.3) is 0 Å². The number of hydrogen-bond acceptors (Lipinski definition) is 2. The highest BCUT2D eigenvalue weighted by atomic mass is 16.5. The van der Waals surface area contributed by atoms with E-state index in [0.29, 0.717) is 0 Å². The highest BCUT2D eigenvalue weighted by molar-refractivity contribution is 4.68. The van der Waals surface area contributed by atoms with E-state index in [9.17, 15) is 0 Å². The molecular formula is C11H21N2O2+. The van der Waals surface area contributed by atoms with E-state index in [2.05, 4.69) is 41.7 Å². The molecule has 1 aromatic rings. The molecule has 1 aromatic heterocycles. The Labute approximate surface area is 91.4 Å². The SMILES string of the molecule is COC(C)Cn1cc[n+](CC(C)OC)c1. The summed E-state index contributed by atoms with van der Waals surface area (Å²) in [5.41, 5.74) is 0. The second-order valence-electron chi connectivity index (χ2n) is 3.90. The summed E-state index contributed by atoms with van der Waals surface area (Å²) >= 11 is 0. The molecule has 2 atom stereocenters. The van der Waals surface area contributed by atoms with Crippen LogP contribution in [0.1, 0.15) is 13.8 Å². The molecule has 15 heavy (non-hydrogen) atoms. The summed E-state index contributed by atoms with van der Waals surface area (Å²) in [7, 11) is 3.46. The van der Waals surface area contributed by atoms with Crippen molar-refractivity contribution >= 4 is 0 Å². The summed E-state index contributed by atoms with van der Waals surface area (Å²) in [4.78, 5) is 0. The molecule has 0 aliphatic rings. The number of hydrogen-bond donors (Lipinski definition) is 0. The minimum atomic E-state index is 0.241. The first-order chi connectivity index (χ1) is 7.15. The van der Waals surface area contributed by atoms with Crippen LogP contribution in [-0.2, 0) is 22.6 Å². The molecule has 0 spiro atoms. The van der Waals surface area contributed by atoms with Crippen molar-refractivity contribution in [3.8, 4) is 0 Å². The summed E-state index contributed by atoms with van der Waals surface area (Å²) in [6.45, 7) is 5.87. The summed E-state index contributed by atoms with van der Waals surface area (Å²) in [5, 5.41) is 0. The minimum Gasteiger partial charge on any atom is -0.378 e. The third kappa shape index (κ3) is 4.01. The number of rotatable bonds is 6. The first-order valence-electron chi connectivity index (χ1n) is 5.26. The molecular weight excluding hydrogens is 192 g/mol. The zero-order valence-corrected chi connectivity index (χ0v) is 10.0. The molecule has 0 bridgehead atoms. The fraction of sp³-hybridized carbons (Fsp3) is 0.727. The Bertz CT molecular complexity index is 259. The highest BCUT2D eigenvalue weighted by Gasteiger charge is 2.10. The molecule has 86 valence electrons. The topological polar surface area (TPSA) is 27.3 Å². The largest absolute Gasteiger partial charge is 0.378 e. The van der Waals surface area contributed by atoms with Crippen molar-refractivity contribution in [2.75, 3.05) is 14.2 Å². The van der Waals surface area contributed by atoms with Crippen LogP contribution >= 0.6 is 0 Å². The Morgan fingerprint density at radius 2 is 1.87 bits per heavy atom. The van der Waals surface area contributed by atoms with Crippen LogP contribution in [0.4, 0.5) is 0 Å². The van der Waals surface area contributed by atoms with E-state index in [-0.39, 0.29) is 12.2 Å². The van der Waals surface area contributed by atoms with Gasteiger partial charge in [0.05, 0.1) is 12.2 Å².